The molecule has 1 aromatic rings. The van der Waals surface area contributed by atoms with Crippen molar-refractivity contribution in [3.05, 3.63) is 34.4 Å². The van der Waals surface area contributed by atoms with E-state index in [4.69, 9.17) is 9.11 Å². The molecule has 0 bridgehead atoms. The van der Waals surface area contributed by atoms with Crippen LogP contribution in [0.1, 0.15) is 59.0 Å². The molecular formula is C12H16Na2O10S2. The Morgan fingerprint density at radius 2 is 1.04 bits per heavy atom. The topological polar surface area (TPSA) is 183 Å². The summed E-state index contributed by atoms with van der Waals surface area (Å²) in [7, 11) is -9.48. The number of benzene rings is 1. The molecule has 138 valence electrons. The maximum absolute atomic E-state index is 11.3. The molecule has 1 aromatic carbocycles. The average Bonchev–Trinajstić information content (AvgIpc) is 2.41. The fraction of sp³-hybridized carbons (Fsp3) is 0.333. The largest absolute Gasteiger partial charge is 1.00 e. The van der Waals surface area contributed by atoms with E-state index < -0.39 is 64.9 Å². The summed E-state index contributed by atoms with van der Waals surface area (Å²) in [6.07, 6.45) is 0. The fourth-order valence-electron chi connectivity index (χ4n) is 2.00. The number of hydrogen-bond acceptors (Lipinski definition) is 6. The summed E-state index contributed by atoms with van der Waals surface area (Å²) in [5, 5.41) is 14.8. The van der Waals surface area contributed by atoms with Crippen LogP contribution in [0.4, 0.5) is 0 Å². The van der Waals surface area contributed by atoms with Crippen LogP contribution < -0.4 is 59.1 Å². The van der Waals surface area contributed by atoms with Crippen LogP contribution in [0, 0.1) is 0 Å². The molecule has 0 aliphatic heterocycles. The summed E-state index contributed by atoms with van der Waals surface area (Å²) < 4.78 is 63.1. The summed E-state index contributed by atoms with van der Waals surface area (Å²) in [4.78, 5) is 22.6. The quantitative estimate of drug-likeness (QED) is 0.252. The molecule has 0 saturated carbocycles. The molecule has 1 rings (SSSR count). The zero-order chi connectivity index (χ0) is 19.0. The van der Waals surface area contributed by atoms with Gasteiger partial charge in [-0.3, -0.25) is 9.11 Å². The van der Waals surface area contributed by atoms with Gasteiger partial charge in [0.05, 0.1) is 11.1 Å². The Morgan fingerprint density at radius 3 is 1.19 bits per heavy atom. The Labute approximate surface area is 197 Å². The van der Waals surface area contributed by atoms with Crippen molar-refractivity contribution >= 4 is 32.2 Å². The van der Waals surface area contributed by atoms with E-state index in [1.54, 1.807) is 0 Å². The molecule has 10 nitrogen and oxygen atoms in total. The number of hydrogen-bond donors (Lipinski definition) is 4. The van der Waals surface area contributed by atoms with Crippen LogP contribution in [-0.2, 0) is 20.2 Å². The van der Waals surface area contributed by atoms with E-state index in [0.29, 0.717) is 12.1 Å². The minimum atomic E-state index is -4.74. The number of carboxylic acids is 2. The Hall–Kier alpha value is -0.0200. The molecule has 4 N–H and O–H groups in total. The van der Waals surface area contributed by atoms with Crippen LogP contribution in [0.25, 0.3) is 0 Å². The van der Waals surface area contributed by atoms with Gasteiger partial charge in [0.1, 0.15) is 10.5 Å². The van der Waals surface area contributed by atoms with Crippen molar-refractivity contribution in [1.82, 2.24) is 0 Å². The summed E-state index contributed by atoms with van der Waals surface area (Å²) in [5.41, 5.74) is -2.49. The Balaban J connectivity index is -0.000000720. The second kappa shape index (κ2) is 9.96. The molecule has 2 unspecified atom stereocenters. The molecule has 0 aromatic heterocycles. The average molecular weight is 430 g/mol. The number of carbonyl (C=O) groups is 2. The molecule has 0 saturated heterocycles. The molecule has 0 aliphatic carbocycles. The van der Waals surface area contributed by atoms with Crippen LogP contribution in [0.3, 0.4) is 0 Å². The maximum atomic E-state index is 11.3. The molecule has 0 aliphatic rings. The van der Waals surface area contributed by atoms with Gasteiger partial charge in [-0.2, -0.15) is 16.8 Å². The Bertz CT molecular complexity index is 843. The van der Waals surface area contributed by atoms with E-state index >= 15 is 0 Å². The predicted octanol–water partition coefficient (Wildman–Crippen LogP) is -4.79. The zero-order valence-corrected chi connectivity index (χ0v) is 20.0. The standard InChI is InChI=1S/C12H14O10S2.2Na.2H/c1-5(23(17,18)19)7-3-10(12(15)16)8(4-9(7)11(13)14)6(2)24(20,21)22;;;;/h3-6H,1-2H3,(H,13,14)(H,15,16)(H,17,18,19)(H,20,21,22);;;;/q;2*+1;2*-1. The van der Waals surface area contributed by atoms with Gasteiger partial charge in [-0.15, -0.1) is 0 Å². The van der Waals surface area contributed by atoms with E-state index in [-0.39, 0.29) is 62.0 Å². The smallest absolute Gasteiger partial charge is 1.00 e. The van der Waals surface area contributed by atoms with Crippen molar-refractivity contribution in [2.24, 2.45) is 0 Å². The van der Waals surface area contributed by atoms with Crippen LogP contribution in [0.5, 0.6) is 0 Å². The van der Waals surface area contributed by atoms with Crippen LogP contribution in [0.2, 0.25) is 0 Å². The first-order valence-electron chi connectivity index (χ1n) is 6.25. The van der Waals surface area contributed by atoms with Gasteiger partial charge >= 0.3 is 71.1 Å². The van der Waals surface area contributed by atoms with E-state index in [0.717, 1.165) is 13.8 Å². The minimum Gasteiger partial charge on any atom is -1.00 e. The summed E-state index contributed by atoms with van der Waals surface area (Å²) in [5.74, 6) is -3.33. The van der Waals surface area contributed by atoms with Gasteiger partial charge in [-0.05, 0) is 37.1 Å². The Kier molecular flexibility index (Phi) is 10.8. The van der Waals surface area contributed by atoms with Gasteiger partial charge < -0.3 is 13.1 Å². The number of aromatic carboxylic acids is 2. The number of carboxylic acid groups (broad SMARTS) is 2. The molecule has 0 heterocycles. The Morgan fingerprint density at radius 1 is 0.808 bits per heavy atom. The fourth-order valence-corrected chi connectivity index (χ4v) is 3.03. The van der Waals surface area contributed by atoms with Crippen LogP contribution in [0.15, 0.2) is 12.1 Å². The normalized spacial score (nSPS) is 13.7. The van der Waals surface area contributed by atoms with E-state index in [9.17, 15) is 36.6 Å². The van der Waals surface area contributed by atoms with Crippen molar-refractivity contribution in [2.45, 2.75) is 24.3 Å². The molecule has 0 fully saturated rings. The first kappa shape index (κ1) is 28.2. The first-order chi connectivity index (χ1) is 10.7. The molecule has 14 heteroatoms. The van der Waals surface area contributed by atoms with Crippen molar-refractivity contribution < 1.29 is 108 Å². The minimum absolute atomic E-state index is 0. The second-order valence-electron chi connectivity index (χ2n) is 4.95. The predicted molar refractivity (Wildman–Crippen MR) is 82.5 cm³/mol. The van der Waals surface area contributed by atoms with Crippen molar-refractivity contribution in [3.8, 4) is 0 Å². The van der Waals surface area contributed by atoms with Crippen molar-refractivity contribution in [2.75, 3.05) is 0 Å². The molecule has 0 radical (unpaired) electrons. The van der Waals surface area contributed by atoms with Crippen molar-refractivity contribution in [3.63, 3.8) is 0 Å². The third kappa shape index (κ3) is 6.55. The monoisotopic (exact) mass is 430 g/mol. The van der Waals surface area contributed by atoms with Gasteiger partial charge in [-0.25, -0.2) is 9.59 Å². The van der Waals surface area contributed by atoms with E-state index in [2.05, 4.69) is 0 Å². The molecule has 26 heavy (non-hydrogen) atoms. The maximum Gasteiger partial charge on any atom is 1.00 e. The van der Waals surface area contributed by atoms with Crippen LogP contribution in [-0.4, -0.2) is 48.1 Å². The molecular weight excluding hydrogens is 414 g/mol. The van der Waals surface area contributed by atoms with E-state index in [1.165, 1.54) is 0 Å². The zero-order valence-electron chi connectivity index (χ0n) is 16.4. The molecule has 0 amide bonds. The summed E-state index contributed by atoms with van der Waals surface area (Å²) in [6, 6.07) is 1.31. The van der Waals surface area contributed by atoms with Crippen molar-refractivity contribution in [1.29, 1.82) is 0 Å². The summed E-state index contributed by atoms with van der Waals surface area (Å²) in [6.45, 7) is 1.88. The van der Waals surface area contributed by atoms with Gasteiger partial charge in [0, 0.05) is 0 Å². The van der Waals surface area contributed by atoms with Gasteiger partial charge in [0.2, 0.25) is 0 Å². The third-order valence-corrected chi connectivity index (χ3v) is 5.75. The van der Waals surface area contributed by atoms with Gasteiger partial charge in [-0.1, -0.05) is 0 Å². The van der Waals surface area contributed by atoms with E-state index in [1.807, 2.05) is 0 Å². The first-order valence-corrected chi connectivity index (χ1v) is 9.25. The van der Waals surface area contributed by atoms with Gasteiger partial charge in [0.25, 0.3) is 20.2 Å². The number of rotatable bonds is 6. The molecule has 0 spiro atoms. The second-order valence-corrected chi connectivity index (χ2v) is 8.43. The van der Waals surface area contributed by atoms with Crippen LogP contribution >= 0.6 is 0 Å². The van der Waals surface area contributed by atoms with Gasteiger partial charge in [0.15, 0.2) is 0 Å². The third-order valence-electron chi connectivity index (χ3n) is 3.45. The SMILES string of the molecule is CC(c1cc(C(=O)O)c(C(C)S(=O)(=O)O)cc1C(=O)O)S(=O)(=O)O.[H-].[H-].[Na+].[Na+]. The molecule has 2 atom stereocenters. The summed E-state index contributed by atoms with van der Waals surface area (Å²) >= 11 is 0.